The number of benzene rings is 1. The quantitative estimate of drug-likeness (QED) is 0.783. The number of hydrogen-bond acceptors (Lipinski definition) is 4. The molecule has 0 unspecified atom stereocenters. The van der Waals surface area contributed by atoms with Gasteiger partial charge in [0.15, 0.2) is 0 Å². The van der Waals surface area contributed by atoms with Gasteiger partial charge in [-0.2, -0.15) is 5.26 Å². The number of anilines is 1. The largest absolute Gasteiger partial charge is 0.273 e. The molecule has 1 heterocycles. The second-order valence-corrected chi connectivity index (χ2v) is 8.55. The Morgan fingerprint density at radius 3 is 2.57 bits per heavy atom. The zero-order chi connectivity index (χ0) is 15.5. The van der Waals surface area contributed by atoms with Gasteiger partial charge in [-0.25, -0.2) is 12.8 Å². The summed E-state index contributed by atoms with van der Waals surface area (Å²) in [6.07, 6.45) is -0.0277. The van der Waals surface area contributed by atoms with E-state index >= 15 is 0 Å². The maximum absolute atomic E-state index is 13.9. The molecule has 0 N–H and O–H groups in total. The minimum absolute atomic E-state index is 0.0277. The third-order valence-electron chi connectivity index (χ3n) is 2.64. The minimum atomic E-state index is -3.90. The van der Waals surface area contributed by atoms with Gasteiger partial charge in [0, 0.05) is 6.54 Å². The Morgan fingerprint density at radius 2 is 2.00 bits per heavy atom. The van der Waals surface area contributed by atoms with Crippen LogP contribution in [0.15, 0.2) is 44.4 Å². The van der Waals surface area contributed by atoms with E-state index in [0.29, 0.717) is 3.79 Å². The van der Waals surface area contributed by atoms with E-state index in [2.05, 4.69) is 15.9 Å². The van der Waals surface area contributed by atoms with Gasteiger partial charge in [0.25, 0.3) is 10.0 Å². The Balaban J connectivity index is 2.51. The summed E-state index contributed by atoms with van der Waals surface area (Å²) in [5, 5.41) is 8.70. The monoisotopic (exact) mass is 388 g/mol. The van der Waals surface area contributed by atoms with E-state index in [1.807, 2.05) is 6.07 Å². The van der Waals surface area contributed by atoms with Gasteiger partial charge >= 0.3 is 0 Å². The van der Waals surface area contributed by atoms with Gasteiger partial charge in [0.05, 0.1) is 22.0 Å². The minimum Gasteiger partial charge on any atom is -0.262 e. The molecule has 4 nitrogen and oxygen atoms in total. The maximum atomic E-state index is 13.9. The molecule has 0 fully saturated rings. The van der Waals surface area contributed by atoms with Gasteiger partial charge in [-0.15, -0.1) is 11.3 Å². The summed E-state index contributed by atoms with van der Waals surface area (Å²) in [6.45, 7) is -0.102. The number of rotatable bonds is 5. The summed E-state index contributed by atoms with van der Waals surface area (Å²) in [5.41, 5.74) is -0.0581. The van der Waals surface area contributed by atoms with Crippen LogP contribution in [0.25, 0.3) is 0 Å². The summed E-state index contributed by atoms with van der Waals surface area (Å²) in [4.78, 5) is 0. The van der Waals surface area contributed by atoms with Crippen LogP contribution in [0.4, 0.5) is 10.1 Å². The molecule has 0 aliphatic heterocycles. The van der Waals surface area contributed by atoms with Crippen LogP contribution in [0.5, 0.6) is 0 Å². The van der Waals surface area contributed by atoms with E-state index < -0.39 is 15.8 Å². The second kappa shape index (κ2) is 6.56. The first-order valence-corrected chi connectivity index (χ1v) is 8.91. The Kier molecular flexibility index (Phi) is 4.98. The van der Waals surface area contributed by atoms with E-state index in [4.69, 9.17) is 5.26 Å². The Hall–Kier alpha value is -1.43. The van der Waals surface area contributed by atoms with Crippen LogP contribution >= 0.6 is 27.3 Å². The highest BCUT2D eigenvalue weighted by molar-refractivity contribution is 9.11. The zero-order valence-electron chi connectivity index (χ0n) is 10.7. The molecule has 0 radical (unpaired) electrons. The van der Waals surface area contributed by atoms with Gasteiger partial charge in [0.2, 0.25) is 0 Å². The lowest BCUT2D eigenvalue weighted by Crippen LogP contribution is -2.32. The van der Waals surface area contributed by atoms with Crippen LogP contribution in [0.1, 0.15) is 6.42 Å². The number of thiophene rings is 1. The molecular formula is C13H10BrFN2O2S2. The number of nitriles is 1. The number of sulfonamides is 1. The van der Waals surface area contributed by atoms with Crippen LogP contribution in [0.2, 0.25) is 0 Å². The topological polar surface area (TPSA) is 61.2 Å². The van der Waals surface area contributed by atoms with E-state index in [1.165, 1.54) is 24.3 Å². The highest BCUT2D eigenvalue weighted by Crippen LogP contribution is 2.32. The fourth-order valence-corrected chi connectivity index (χ4v) is 5.32. The van der Waals surface area contributed by atoms with Crippen molar-refractivity contribution >= 4 is 43.0 Å². The number of hydrogen-bond donors (Lipinski definition) is 0. The smallest absolute Gasteiger partial charge is 0.262 e. The van der Waals surface area contributed by atoms with Crippen LogP contribution < -0.4 is 4.31 Å². The third kappa shape index (κ3) is 3.43. The zero-order valence-corrected chi connectivity index (χ0v) is 13.9. The van der Waals surface area contributed by atoms with Crippen LogP contribution in [-0.4, -0.2) is 15.0 Å². The van der Waals surface area contributed by atoms with E-state index in [-0.39, 0.29) is 22.9 Å². The average molecular weight is 389 g/mol. The van der Waals surface area contributed by atoms with Crippen molar-refractivity contribution < 1.29 is 12.8 Å². The van der Waals surface area contributed by atoms with Gasteiger partial charge < -0.3 is 0 Å². The number of nitrogens with zero attached hydrogens (tertiary/aromatic N) is 2. The van der Waals surface area contributed by atoms with E-state index in [9.17, 15) is 12.8 Å². The highest BCUT2D eigenvalue weighted by atomic mass is 79.9. The molecule has 0 saturated carbocycles. The van der Waals surface area contributed by atoms with Crippen LogP contribution in [-0.2, 0) is 10.0 Å². The normalized spacial score (nSPS) is 11.1. The van der Waals surface area contributed by atoms with Crippen molar-refractivity contribution in [2.75, 3.05) is 10.8 Å². The molecule has 0 spiro atoms. The third-order valence-corrected chi connectivity index (χ3v) is 6.55. The molecule has 110 valence electrons. The van der Waals surface area contributed by atoms with Crippen LogP contribution in [0.3, 0.4) is 0 Å². The molecule has 0 amide bonds. The van der Waals surface area contributed by atoms with Gasteiger partial charge in [0.1, 0.15) is 10.0 Å². The summed E-state index contributed by atoms with van der Waals surface area (Å²) in [7, 11) is -3.90. The average Bonchev–Trinajstić information content (AvgIpc) is 2.88. The first-order chi connectivity index (χ1) is 9.96. The molecule has 1 aromatic carbocycles. The predicted molar refractivity (Wildman–Crippen MR) is 83.2 cm³/mol. The highest BCUT2D eigenvalue weighted by Gasteiger charge is 2.28. The van der Waals surface area contributed by atoms with Crippen LogP contribution in [0, 0.1) is 17.1 Å². The van der Waals surface area contributed by atoms with E-state index in [1.54, 1.807) is 12.1 Å². The first-order valence-electron chi connectivity index (χ1n) is 5.86. The lowest BCUT2D eigenvalue weighted by atomic mass is 10.3. The van der Waals surface area contributed by atoms with Crippen molar-refractivity contribution in [2.45, 2.75) is 10.6 Å². The SMILES string of the molecule is N#CCCN(c1ccccc1F)S(=O)(=O)c1ccc(Br)s1. The van der Waals surface area contributed by atoms with Gasteiger partial charge in [-0.3, -0.25) is 4.31 Å². The molecule has 0 atom stereocenters. The lowest BCUT2D eigenvalue weighted by molar-refractivity contribution is 0.587. The number of halogens is 2. The van der Waals surface area contributed by atoms with Crippen molar-refractivity contribution in [1.29, 1.82) is 5.26 Å². The predicted octanol–water partition coefficient (Wildman–Crippen LogP) is 3.76. The Morgan fingerprint density at radius 1 is 1.29 bits per heavy atom. The van der Waals surface area contributed by atoms with Crippen molar-refractivity contribution in [2.24, 2.45) is 0 Å². The van der Waals surface area contributed by atoms with E-state index in [0.717, 1.165) is 15.6 Å². The maximum Gasteiger partial charge on any atom is 0.273 e. The molecule has 2 rings (SSSR count). The fraction of sp³-hybridized carbons (Fsp3) is 0.154. The lowest BCUT2D eigenvalue weighted by Gasteiger charge is -2.23. The Bertz CT molecular complexity index is 783. The van der Waals surface area contributed by atoms with Crippen molar-refractivity contribution in [3.05, 3.63) is 46.0 Å². The number of para-hydroxylation sites is 1. The first kappa shape index (κ1) is 15.9. The van der Waals surface area contributed by atoms with Crippen molar-refractivity contribution in [3.63, 3.8) is 0 Å². The van der Waals surface area contributed by atoms with Crippen molar-refractivity contribution in [3.8, 4) is 6.07 Å². The van der Waals surface area contributed by atoms with Crippen molar-refractivity contribution in [1.82, 2.24) is 0 Å². The second-order valence-electron chi connectivity index (χ2n) is 4.00. The van der Waals surface area contributed by atoms with Gasteiger partial charge in [-0.05, 0) is 40.2 Å². The molecular weight excluding hydrogens is 379 g/mol. The molecule has 0 saturated heterocycles. The molecule has 0 aliphatic rings. The molecule has 21 heavy (non-hydrogen) atoms. The summed E-state index contributed by atoms with van der Waals surface area (Å²) in [6, 6.07) is 10.5. The summed E-state index contributed by atoms with van der Waals surface area (Å²) in [5.74, 6) is -0.644. The molecule has 8 heteroatoms. The Labute approximate surface area is 134 Å². The fourth-order valence-electron chi connectivity index (χ4n) is 1.72. The molecule has 2 aromatic rings. The standard InChI is InChI=1S/C13H10BrFN2O2S2/c14-12-6-7-13(20-12)21(18,19)17(9-3-8-16)11-5-2-1-4-10(11)15/h1-2,4-7H,3,9H2. The summed E-state index contributed by atoms with van der Waals surface area (Å²) >= 11 is 4.24. The molecule has 1 aromatic heterocycles. The summed E-state index contributed by atoms with van der Waals surface area (Å²) < 4.78 is 40.9. The van der Waals surface area contributed by atoms with Gasteiger partial charge in [-0.1, -0.05) is 12.1 Å². The molecule has 0 aliphatic carbocycles. The molecule has 0 bridgehead atoms.